The normalized spacial score (nSPS) is 13.8. The molecule has 0 aromatic carbocycles. The Hall–Kier alpha value is -2.31. The zero-order chi connectivity index (χ0) is 31.7. The van der Waals surface area contributed by atoms with E-state index in [-0.39, 0.29) is 43.6 Å². The number of nitrogens with one attached hydrogen (secondary N) is 1. The zero-order valence-corrected chi connectivity index (χ0v) is 26.7. The number of imide groups is 1. The summed E-state index contributed by atoms with van der Waals surface area (Å²) in [5.74, 6) is -1.73. The minimum Gasteiger partial charge on any atom is -0.378 e. The highest BCUT2D eigenvalue weighted by Crippen LogP contribution is 2.33. The average molecular weight is 662 g/mol. The van der Waals surface area contributed by atoms with Crippen molar-refractivity contribution in [2.45, 2.75) is 42.9 Å². The van der Waals surface area contributed by atoms with Crippen molar-refractivity contribution in [2.75, 3.05) is 85.8 Å². The number of carbonyl (C=O) groups is 4. The van der Waals surface area contributed by atoms with Gasteiger partial charge in [0.1, 0.15) is 5.03 Å². The quantitative estimate of drug-likeness (QED) is 0.0826. The topological polar surface area (TPSA) is 161 Å². The molecule has 1 atom stereocenters. The van der Waals surface area contributed by atoms with Crippen molar-refractivity contribution < 1.29 is 52.4 Å². The maximum atomic E-state index is 12.0. The lowest BCUT2D eigenvalue weighted by molar-refractivity contribution is -0.198. The van der Waals surface area contributed by atoms with Gasteiger partial charge in [0.15, 0.2) is 0 Å². The summed E-state index contributed by atoms with van der Waals surface area (Å²) in [7, 11) is 3.19. The zero-order valence-electron chi connectivity index (χ0n) is 25.1. The molecular weight excluding hydrogens is 618 g/mol. The summed E-state index contributed by atoms with van der Waals surface area (Å²) in [4.78, 5) is 55.4. The highest BCUT2D eigenvalue weighted by Gasteiger charge is 2.32. The van der Waals surface area contributed by atoms with Crippen LogP contribution in [0.15, 0.2) is 29.4 Å². The van der Waals surface area contributed by atoms with Gasteiger partial charge in [-0.05, 0) is 22.9 Å². The third kappa shape index (κ3) is 19.2. The molecule has 248 valence electrons. The Morgan fingerprint density at radius 2 is 1.34 bits per heavy atom. The molecule has 1 saturated heterocycles. The lowest BCUT2D eigenvalue weighted by atomic mass is 10.3. The molecule has 0 spiro atoms. The van der Waals surface area contributed by atoms with Crippen LogP contribution in [0, 0.1) is 0 Å². The van der Waals surface area contributed by atoms with E-state index >= 15 is 0 Å². The molecule has 0 bridgehead atoms. The first-order chi connectivity index (χ1) is 21.5. The summed E-state index contributed by atoms with van der Waals surface area (Å²) in [5, 5.41) is 4.48. The lowest BCUT2D eigenvalue weighted by Gasteiger charge is -2.12. The first kappa shape index (κ1) is 37.9. The van der Waals surface area contributed by atoms with Crippen LogP contribution in [-0.4, -0.2) is 125 Å². The minimum atomic E-state index is -0.701. The van der Waals surface area contributed by atoms with Crippen LogP contribution in [0.4, 0.5) is 0 Å². The summed E-state index contributed by atoms with van der Waals surface area (Å²) in [5.41, 5.74) is 0. The van der Waals surface area contributed by atoms with E-state index in [2.05, 4.69) is 10.3 Å². The Morgan fingerprint density at radius 3 is 1.86 bits per heavy atom. The van der Waals surface area contributed by atoms with E-state index in [0.29, 0.717) is 84.1 Å². The monoisotopic (exact) mass is 661 g/mol. The molecule has 2 rings (SSSR count). The fourth-order valence-corrected chi connectivity index (χ4v) is 5.33. The van der Waals surface area contributed by atoms with Crippen LogP contribution in [0.5, 0.6) is 0 Å². The van der Waals surface area contributed by atoms with Crippen molar-refractivity contribution in [3.05, 3.63) is 24.4 Å². The van der Waals surface area contributed by atoms with Crippen LogP contribution in [0.2, 0.25) is 0 Å². The van der Waals surface area contributed by atoms with Crippen LogP contribution < -0.4 is 5.32 Å². The summed E-state index contributed by atoms with van der Waals surface area (Å²) < 4.78 is 32.4. The smallest absolute Gasteiger partial charge is 0.335 e. The molecule has 0 saturated carbocycles. The van der Waals surface area contributed by atoms with E-state index in [1.54, 1.807) is 27.8 Å². The second-order valence-corrected chi connectivity index (χ2v) is 11.8. The molecular formula is C28H43N3O11S2. The summed E-state index contributed by atoms with van der Waals surface area (Å²) >= 11 is 0. The maximum absolute atomic E-state index is 12.0. The van der Waals surface area contributed by atoms with Gasteiger partial charge in [-0.25, -0.2) is 9.78 Å². The molecule has 0 aliphatic carbocycles. The average Bonchev–Trinajstić information content (AvgIpc) is 3.33. The molecule has 14 nitrogen and oxygen atoms in total. The molecule has 1 aliphatic rings. The summed E-state index contributed by atoms with van der Waals surface area (Å²) in [6, 6.07) is 5.76. The lowest BCUT2D eigenvalue weighted by Crippen LogP contribution is -2.32. The highest BCUT2D eigenvalue weighted by atomic mass is 33.1. The van der Waals surface area contributed by atoms with Gasteiger partial charge < -0.3 is 38.6 Å². The Labute approximate surface area is 265 Å². The van der Waals surface area contributed by atoms with Crippen molar-refractivity contribution >= 4 is 45.3 Å². The van der Waals surface area contributed by atoms with Crippen molar-refractivity contribution in [3.63, 3.8) is 0 Å². The fourth-order valence-electron chi connectivity index (χ4n) is 3.32. The molecule has 16 heteroatoms. The number of hydrogen-bond donors (Lipinski definition) is 1. The van der Waals surface area contributed by atoms with Crippen LogP contribution in [0.3, 0.4) is 0 Å². The number of rotatable bonds is 27. The number of ether oxygens (including phenoxy) is 6. The molecule has 1 unspecified atom stereocenters. The molecule has 1 aromatic heterocycles. The SMILES string of the molecule is CC(CC(=O)NCCOCCOCCOCCOCCOCCOCCC(=O)ON1C(=O)CCC1=O)SSc1ccccn1. The molecule has 2 heterocycles. The molecule has 1 aromatic rings. The number of aromatic nitrogens is 1. The minimum absolute atomic E-state index is 0.00140. The van der Waals surface area contributed by atoms with E-state index in [1.165, 1.54) is 0 Å². The van der Waals surface area contributed by atoms with Crippen molar-refractivity contribution in [3.8, 4) is 0 Å². The Bertz CT molecular complexity index is 946. The Balaban J connectivity index is 1.23. The third-order valence-corrected chi connectivity index (χ3v) is 8.28. The van der Waals surface area contributed by atoms with Crippen molar-refractivity contribution in [1.82, 2.24) is 15.4 Å². The largest absolute Gasteiger partial charge is 0.378 e. The maximum Gasteiger partial charge on any atom is 0.335 e. The standard InChI is InChI=1S/C28H43N3O11S2/c1-23(43-44-25-4-2-3-8-30-25)22-24(32)29-9-11-37-13-15-39-17-19-41-21-20-40-18-16-38-14-12-36-10-7-28(35)42-31-26(33)5-6-27(31)34/h2-4,8,23H,5-7,9-22H2,1H3,(H,29,32). The first-order valence-corrected chi connectivity index (χ1v) is 16.7. The van der Waals surface area contributed by atoms with Gasteiger partial charge in [-0.1, -0.05) is 23.8 Å². The van der Waals surface area contributed by atoms with Gasteiger partial charge in [0, 0.05) is 37.3 Å². The number of hydroxylamine groups is 2. The summed E-state index contributed by atoms with van der Waals surface area (Å²) in [6.45, 7) is 7.04. The number of amides is 3. The van der Waals surface area contributed by atoms with Crippen molar-refractivity contribution in [2.24, 2.45) is 0 Å². The molecule has 3 amide bonds. The number of hydrogen-bond acceptors (Lipinski definition) is 14. The predicted octanol–water partition coefficient (Wildman–Crippen LogP) is 1.81. The first-order valence-electron chi connectivity index (χ1n) is 14.5. The highest BCUT2D eigenvalue weighted by molar-refractivity contribution is 8.76. The van der Waals surface area contributed by atoms with E-state index in [4.69, 9.17) is 33.3 Å². The van der Waals surface area contributed by atoms with Gasteiger partial charge >= 0.3 is 5.97 Å². The summed E-state index contributed by atoms with van der Waals surface area (Å²) in [6.07, 6.45) is 2.23. The second kappa shape index (κ2) is 24.9. The van der Waals surface area contributed by atoms with Gasteiger partial charge in [0.2, 0.25) is 5.91 Å². The van der Waals surface area contributed by atoms with Crippen molar-refractivity contribution in [1.29, 1.82) is 0 Å². The molecule has 1 N–H and O–H groups in total. The van der Waals surface area contributed by atoms with Gasteiger partial charge in [0.05, 0.1) is 85.7 Å². The molecule has 1 fully saturated rings. The predicted molar refractivity (Wildman–Crippen MR) is 161 cm³/mol. The van der Waals surface area contributed by atoms with E-state index in [0.717, 1.165) is 5.03 Å². The van der Waals surface area contributed by atoms with Gasteiger partial charge in [0.25, 0.3) is 11.8 Å². The van der Waals surface area contributed by atoms with Crippen LogP contribution in [0.25, 0.3) is 0 Å². The molecule has 44 heavy (non-hydrogen) atoms. The number of nitrogens with zero attached hydrogens (tertiary/aromatic N) is 2. The third-order valence-electron chi connectivity index (χ3n) is 5.49. The van der Waals surface area contributed by atoms with Gasteiger partial charge in [-0.3, -0.25) is 14.4 Å². The number of pyridine rings is 1. The van der Waals surface area contributed by atoms with Gasteiger partial charge in [-0.2, -0.15) is 0 Å². The van der Waals surface area contributed by atoms with E-state index < -0.39 is 17.8 Å². The second-order valence-electron chi connectivity index (χ2n) is 9.18. The molecule has 0 radical (unpaired) electrons. The number of carbonyl (C=O) groups excluding carboxylic acids is 4. The van der Waals surface area contributed by atoms with Gasteiger partial charge in [-0.15, -0.1) is 5.06 Å². The van der Waals surface area contributed by atoms with Crippen LogP contribution in [0.1, 0.15) is 32.6 Å². The Kier molecular flexibility index (Phi) is 21.5. The Morgan fingerprint density at radius 1 is 0.818 bits per heavy atom. The van der Waals surface area contributed by atoms with Crippen LogP contribution >= 0.6 is 21.6 Å². The van der Waals surface area contributed by atoms with E-state index in [9.17, 15) is 19.2 Å². The molecule has 1 aliphatic heterocycles. The fraction of sp³-hybridized carbons (Fsp3) is 0.679. The van der Waals surface area contributed by atoms with Crippen LogP contribution in [-0.2, 0) is 52.4 Å². The van der Waals surface area contributed by atoms with E-state index in [1.807, 2.05) is 25.1 Å².